The third kappa shape index (κ3) is 2.71. The second kappa shape index (κ2) is 4.63. The molecule has 2 nitrogen and oxygen atoms in total. The average molecular weight is 198 g/mol. The highest BCUT2D eigenvalue weighted by Gasteiger charge is 2.41. The summed E-state index contributed by atoms with van der Waals surface area (Å²) in [7, 11) is 4.35. The van der Waals surface area contributed by atoms with E-state index in [-0.39, 0.29) is 0 Å². The van der Waals surface area contributed by atoms with Crippen molar-refractivity contribution in [1.82, 2.24) is 10.2 Å². The van der Waals surface area contributed by atoms with Crippen LogP contribution < -0.4 is 5.32 Å². The van der Waals surface area contributed by atoms with Crippen molar-refractivity contribution in [3.8, 4) is 0 Å². The van der Waals surface area contributed by atoms with E-state index in [2.05, 4.69) is 45.1 Å². The predicted octanol–water partition coefficient (Wildman–Crippen LogP) is 1.96. The maximum absolute atomic E-state index is 3.66. The van der Waals surface area contributed by atoms with Gasteiger partial charge in [-0.1, -0.05) is 20.8 Å². The Bertz CT molecular complexity index is 175. The fourth-order valence-electron chi connectivity index (χ4n) is 2.85. The monoisotopic (exact) mass is 198 g/mol. The van der Waals surface area contributed by atoms with Crippen molar-refractivity contribution in [2.45, 2.75) is 39.7 Å². The van der Waals surface area contributed by atoms with Crippen LogP contribution in [-0.2, 0) is 0 Å². The van der Waals surface area contributed by atoms with Gasteiger partial charge in [-0.2, -0.15) is 0 Å². The molecule has 1 rings (SSSR count). The number of nitrogens with zero attached hydrogens (tertiary/aromatic N) is 1. The Morgan fingerprint density at radius 3 is 2.50 bits per heavy atom. The molecule has 0 amide bonds. The zero-order valence-corrected chi connectivity index (χ0v) is 10.4. The van der Waals surface area contributed by atoms with Gasteiger partial charge in [0.05, 0.1) is 0 Å². The number of rotatable bonds is 4. The maximum Gasteiger partial charge on any atom is 0.0159 e. The van der Waals surface area contributed by atoms with Gasteiger partial charge in [0.2, 0.25) is 0 Å². The minimum atomic E-state index is 0.483. The summed E-state index contributed by atoms with van der Waals surface area (Å²) in [6.45, 7) is 9.33. The third-order valence-corrected chi connectivity index (χ3v) is 3.50. The quantitative estimate of drug-likeness (QED) is 0.743. The second-order valence-corrected chi connectivity index (χ2v) is 5.58. The van der Waals surface area contributed by atoms with Crippen LogP contribution in [-0.4, -0.2) is 38.1 Å². The molecule has 1 saturated carbocycles. The van der Waals surface area contributed by atoms with Gasteiger partial charge in [0.1, 0.15) is 0 Å². The average Bonchev–Trinajstić information content (AvgIpc) is 2.31. The minimum absolute atomic E-state index is 0.483. The van der Waals surface area contributed by atoms with Crippen LogP contribution in [0.25, 0.3) is 0 Å². The summed E-state index contributed by atoms with van der Waals surface area (Å²) in [5, 5.41) is 3.66. The van der Waals surface area contributed by atoms with Gasteiger partial charge in [-0.3, -0.25) is 0 Å². The molecule has 0 aromatic rings. The van der Waals surface area contributed by atoms with E-state index in [1.54, 1.807) is 0 Å². The van der Waals surface area contributed by atoms with Crippen LogP contribution in [0, 0.1) is 11.3 Å². The zero-order chi connectivity index (χ0) is 10.8. The first-order valence-corrected chi connectivity index (χ1v) is 5.85. The van der Waals surface area contributed by atoms with Crippen LogP contribution in [0.3, 0.4) is 0 Å². The van der Waals surface area contributed by atoms with Gasteiger partial charge in [0.15, 0.2) is 0 Å². The summed E-state index contributed by atoms with van der Waals surface area (Å²) in [4.78, 5) is 2.32. The SMILES string of the molecule is CCNC1C(CN(C)C)CCC1(C)C. The molecule has 0 aromatic carbocycles. The normalized spacial score (nSPS) is 31.3. The van der Waals surface area contributed by atoms with Crippen LogP contribution in [0.1, 0.15) is 33.6 Å². The van der Waals surface area contributed by atoms with E-state index in [0.29, 0.717) is 11.5 Å². The Morgan fingerprint density at radius 1 is 1.36 bits per heavy atom. The summed E-state index contributed by atoms with van der Waals surface area (Å²) in [5.74, 6) is 0.833. The Hall–Kier alpha value is -0.0800. The molecule has 84 valence electrons. The van der Waals surface area contributed by atoms with Gasteiger partial charge < -0.3 is 10.2 Å². The van der Waals surface area contributed by atoms with Crippen molar-refractivity contribution in [2.75, 3.05) is 27.2 Å². The largest absolute Gasteiger partial charge is 0.313 e. The van der Waals surface area contributed by atoms with Crippen molar-refractivity contribution in [3.63, 3.8) is 0 Å². The highest BCUT2D eigenvalue weighted by molar-refractivity contribution is 4.96. The molecule has 0 saturated heterocycles. The molecule has 0 aliphatic heterocycles. The molecule has 1 fully saturated rings. The molecule has 0 heterocycles. The lowest BCUT2D eigenvalue weighted by Crippen LogP contribution is -2.44. The summed E-state index contributed by atoms with van der Waals surface area (Å²) >= 11 is 0. The number of nitrogens with one attached hydrogen (secondary N) is 1. The van der Waals surface area contributed by atoms with Crippen LogP contribution in [0.4, 0.5) is 0 Å². The van der Waals surface area contributed by atoms with E-state index in [1.165, 1.54) is 19.4 Å². The lowest BCUT2D eigenvalue weighted by molar-refractivity contribution is 0.220. The molecular formula is C12H26N2. The van der Waals surface area contributed by atoms with E-state index in [0.717, 1.165) is 12.5 Å². The molecule has 2 atom stereocenters. The van der Waals surface area contributed by atoms with E-state index >= 15 is 0 Å². The van der Waals surface area contributed by atoms with Crippen LogP contribution in [0.5, 0.6) is 0 Å². The summed E-state index contributed by atoms with van der Waals surface area (Å²) in [6, 6.07) is 0.704. The molecule has 0 bridgehead atoms. The lowest BCUT2D eigenvalue weighted by Gasteiger charge is -2.32. The Labute approximate surface area is 89.1 Å². The van der Waals surface area contributed by atoms with Crippen LogP contribution in [0.2, 0.25) is 0 Å². The van der Waals surface area contributed by atoms with Crippen molar-refractivity contribution < 1.29 is 0 Å². The van der Waals surface area contributed by atoms with Crippen molar-refractivity contribution >= 4 is 0 Å². The first-order valence-electron chi connectivity index (χ1n) is 5.85. The van der Waals surface area contributed by atoms with Crippen molar-refractivity contribution in [1.29, 1.82) is 0 Å². The van der Waals surface area contributed by atoms with Gasteiger partial charge in [0.25, 0.3) is 0 Å². The standard InChI is InChI=1S/C12H26N2/c1-6-13-11-10(9-14(4)5)7-8-12(11,2)3/h10-11,13H,6-9H2,1-5H3. The first-order chi connectivity index (χ1) is 6.47. The number of hydrogen-bond donors (Lipinski definition) is 1. The fraction of sp³-hybridized carbons (Fsp3) is 1.00. The summed E-state index contributed by atoms with van der Waals surface area (Å²) < 4.78 is 0. The van der Waals surface area contributed by atoms with Crippen LogP contribution >= 0.6 is 0 Å². The molecule has 1 N–H and O–H groups in total. The topological polar surface area (TPSA) is 15.3 Å². The summed E-state index contributed by atoms with van der Waals surface area (Å²) in [5.41, 5.74) is 0.483. The van der Waals surface area contributed by atoms with Gasteiger partial charge in [-0.25, -0.2) is 0 Å². The van der Waals surface area contributed by atoms with Gasteiger partial charge in [-0.15, -0.1) is 0 Å². The first kappa shape index (κ1) is 12.0. The maximum atomic E-state index is 3.66. The Kier molecular flexibility index (Phi) is 3.96. The van der Waals surface area contributed by atoms with E-state index < -0.39 is 0 Å². The fourth-order valence-corrected chi connectivity index (χ4v) is 2.85. The Morgan fingerprint density at radius 2 is 2.00 bits per heavy atom. The van der Waals surface area contributed by atoms with E-state index in [1.807, 2.05) is 0 Å². The molecule has 14 heavy (non-hydrogen) atoms. The lowest BCUT2D eigenvalue weighted by atomic mass is 9.84. The Balaban J connectivity index is 2.59. The third-order valence-electron chi connectivity index (χ3n) is 3.50. The second-order valence-electron chi connectivity index (χ2n) is 5.58. The molecule has 2 heteroatoms. The molecular weight excluding hydrogens is 172 g/mol. The van der Waals surface area contributed by atoms with Gasteiger partial charge in [0, 0.05) is 12.6 Å². The molecule has 2 unspecified atom stereocenters. The minimum Gasteiger partial charge on any atom is -0.313 e. The molecule has 0 aromatic heterocycles. The highest BCUT2D eigenvalue weighted by atomic mass is 15.1. The van der Waals surface area contributed by atoms with Gasteiger partial charge >= 0.3 is 0 Å². The molecule has 1 aliphatic rings. The molecule has 1 aliphatic carbocycles. The van der Waals surface area contributed by atoms with Crippen LogP contribution in [0.15, 0.2) is 0 Å². The van der Waals surface area contributed by atoms with E-state index in [9.17, 15) is 0 Å². The highest BCUT2D eigenvalue weighted by Crippen LogP contribution is 2.41. The summed E-state index contributed by atoms with van der Waals surface area (Å²) in [6.07, 6.45) is 2.74. The van der Waals surface area contributed by atoms with Crippen molar-refractivity contribution in [2.24, 2.45) is 11.3 Å². The predicted molar refractivity (Wildman–Crippen MR) is 62.5 cm³/mol. The molecule has 0 spiro atoms. The van der Waals surface area contributed by atoms with E-state index in [4.69, 9.17) is 0 Å². The zero-order valence-electron chi connectivity index (χ0n) is 10.4. The number of hydrogen-bond acceptors (Lipinski definition) is 2. The van der Waals surface area contributed by atoms with Gasteiger partial charge in [-0.05, 0) is 44.8 Å². The molecule has 0 radical (unpaired) electrons. The van der Waals surface area contributed by atoms with Crippen molar-refractivity contribution in [3.05, 3.63) is 0 Å². The smallest absolute Gasteiger partial charge is 0.0159 e.